The molecule has 1 N–H and O–H groups in total. The van der Waals surface area contributed by atoms with Crippen molar-refractivity contribution >= 4 is 5.91 Å². The highest BCUT2D eigenvalue weighted by Crippen LogP contribution is 2.29. The zero-order valence-corrected chi connectivity index (χ0v) is 7.76. The summed E-state index contributed by atoms with van der Waals surface area (Å²) in [6.07, 6.45) is 2.42. The lowest BCUT2D eigenvalue weighted by Crippen LogP contribution is -2.61. The Bertz CT molecular complexity index is 209. The number of piperazine rings is 1. The highest BCUT2D eigenvalue weighted by atomic mass is 16.2. The van der Waals surface area contributed by atoms with E-state index in [1.807, 2.05) is 18.7 Å². The van der Waals surface area contributed by atoms with Gasteiger partial charge < -0.3 is 10.2 Å². The number of carbonyl (C=O) groups excluding carboxylic acids is 1. The number of carbonyl (C=O) groups is 1. The Hall–Kier alpha value is -0.570. The zero-order valence-electron chi connectivity index (χ0n) is 7.76. The van der Waals surface area contributed by atoms with Crippen molar-refractivity contribution in [2.75, 3.05) is 13.1 Å². The van der Waals surface area contributed by atoms with Crippen LogP contribution in [0.25, 0.3) is 0 Å². The summed E-state index contributed by atoms with van der Waals surface area (Å²) >= 11 is 0. The van der Waals surface area contributed by atoms with Crippen molar-refractivity contribution in [1.82, 2.24) is 10.2 Å². The molecule has 0 atom stereocenters. The lowest BCUT2D eigenvalue weighted by Gasteiger charge is -2.38. The van der Waals surface area contributed by atoms with Gasteiger partial charge in [-0.15, -0.1) is 0 Å². The van der Waals surface area contributed by atoms with E-state index in [1.54, 1.807) is 0 Å². The molecule has 1 aliphatic heterocycles. The Labute approximate surface area is 73.1 Å². The van der Waals surface area contributed by atoms with Crippen molar-refractivity contribution < 1.29 is 4.79 Å². The maximum atomic E-state index is 11.8. The van der Waals surface area contributed by atoms with Crippen LogP contribution in [0, 0.1) is 0 Å². The van der Waals surface area contributed by atoms with E-state index in [9.17, 15) is 4.79 Å². The number of amides is 1. The quantitative estimate of drug-likeness (QED) is 0.613. The largest absolute Gasteiger partial charge is 0.337 e. The molecule has 0 radical (unpaired) electrons. The molecule has 2 rings (SSSR count). The maximum absolute atomic E-state index is 11.8. The van der Waals surface area contributed by atoms with Gasteiger partial charge in [0.1, 0.15) is 0 Å². The third-order valence-corrected chi connectivity index (χ3v) is 2.70. The third-order valence-electron chi connectivity index (χ3n) is 2.70. The fourth-order valence-corrected chi connectivity index (χ4v) is 1.76. The van der Waals surface area contributed by atoms with E-state index in [0.29, 0.717) is 6.04 Å². The fourth-order valence-electron chi connectivity index (χ4n) is 1.76. The van der Waals surface area contributed by atoms with Gasteiger partial charge in [0.2, 0.25) is 5.91 Å². The van der Waals surface area contributed by atoms with Crippen LogP contribution in [-0.2, 0) is 4.79 Å². The number of nitrogens with one attached hydrogen (secondary N) is 1. The first kappa shape index (κ1) is 8.05. The number of rotatable bonds is 1. The predicted molar refractivity (Wildman–Crippen MR) is 46.8 cm³/mol. The van der Waals surface area contributed by atoms with E-state index in [-0.39, 0.29) is 11.4 Å². The van der Waals surface area contributed by atoms with Crippen molar-refractivity contribution in [3.63, 3.8) is 0 Å². The van der Waals surface area contributed by atoms with Crippen LogP contribution in [0.3, 0.4) is 0 Å². The summed E-state index contributed by atoms with van der Waals surface area (Å²) in [7, 11) is 0. The van der Waals surface area contributed by atoms with Crippen molar-refractivity contribution in [2.45, 2.75) is 38.3 Å². The summed E-state index contributed by atoms with van der Waals surface area (Å²) in [5, 5.41) is 3.23. The number of hydrogen-bond donors (Lipinski definition) is 1. The molecule has 1 saturated heterocycles. The second kappa shape index (κ2) is 2.46. The van der Waals surface area contributed by atoms with Crippen LogP contribution in [0.15, 0.2) is 0 Å². The molecule has 1 amide bonds. The highest BCUT2D eigenvalue weighted by molar-refractivity contribution is 5.86. The summed E-state index contributed by atoms with van der Waals surface area (Å²) in [5.41, 5.74) is -0.332. The average molecular weight is 168 g/mol. The van der Waals surface area contributed by atoms with Crippen molar-refractivity contribution in [1.29, 1.82) is 0 Å². The molecule has 0 aromatic heterocycles. The normalized spacial score (nSPS) is 29.2. The molecule has 3 nitrogen and oxygen atoms in total. The van der Waals surface area contributed by atoms with Crippen LogP contribution in [0.4, 0.5) is 0 Å². The molecule has 0 aromatic carbocycles. The molecule has 68 valence electrons. The standard InChI is InChI=1S/C9H16N2O/c1-9(2)8(12)11(6-5-10-9)7-3-4-7/h7,10H,3-6H2,1-2H3. The van der Waals surface area contributed by atoms with E-state index in [2.05, 4.69) is 5.32 Å². The molecule has 0 bridgehead atoms. The molecule has 1 aliphatic carbocycles. The minimum Gasteiger partial charge on any atom is -0.337 e. The van der Waals surface area contributed by atoms with Gasteiger partial charge in [0.25, 0.3) is 0 Å². The molecule has 0 aromatic rings. The van der Waals surface area contributed by atoms with Gasteiger partial charge in [0, 0.05) is 19.1 Å². The van der Waals surface area contributed by atoms with E-state index in [4.69, 9.17) is 0 Å². The Balaban J connectivity index is 2.10. The lowest BCUT2D eigenvalue weighted by molar-refractivity contribution is -0.140. The molecule has 1 saturated carbocycles. The van der Waals surface area contributed by atoms with Crippen molar-refractivity contribution in [3.8, 4) is 0 Å². The van der Waals surface area contributed by atoms with E-state index >= 15 is 0 Å². The Morgan fingerprint density at radius 1 is 1.50 bits per heavy atom. The van der Waals surface area contributed by atoms with Crippen molar-refractivity contribution in [2.24, 2.45) is 0 Å². The highest BCUT2D eigenvalue weighted by Gasteiger charge is 2.41. The Morgan fingerprint density at radius 3 is 2.75 bits per heavy atom. The maximum Gasteiger partial charge on any atom is 0.242 e. The Kier molecular flexibility index (Phi) is 1.65. The van der Waals surface area contributed by atoms with Crippen LogP contribution in [0.1, 0.15) is 26.7 Å². The van der Waals surface area contributed by atoms with Crippen LogP contribution in [-0.4, -0.2) is 35.5 Å². The summed E-state index contributed by atoms with van der Waals surface area (Å²) in [4.78, 5) is 13.8. The summed E-state index contributed by atoms with van der Waals surface area (Å²) in [6, 6.07) is 0.568. The molecule has 2 fully saturated rings. The lowest BCUT2D eigenvalue weighted by atomic mass is 10.0. The number of hydrogen-bond acceptors (Lipinski definition) is 2. The summed E-state index contributed by atoms with van der Waals surface area (Å²) in [6.45, 7) is 5.76. The van der Waals surface area contributed by atoms with Crippen LogP contribution < -0.4 is 5.32 Å². The summed E-state index contributed by atoms with van der Waals surface area (Å²) in [5.74, 6) is 0.274. The van der Waals surface area contributed by atoms with E-state index in [0.717, 1.165) is 13.1 Å². The zero-order chi connectivity index (χ0) is 8.77. The topological polar surface area (TPSA) is 32.3 Å². The molecule has 0 unspecified atom stereocenters. The van der Waals surface area contributed by atoms with Gasteiger partial charge in [0.05, 0.1) is 5.54 Å². The average Bonchev–Trinajstić information content (AvgIpc) is 2.77. The second-order valence-electron chi connectivity index (χ2n) is 4.28. The summed E-state index contributed by atoms with van der Waals surface area (Å²) < 4.78 is 0. The van der Waals surface area contributed by atoms with E-state index < -0.39 is 0 Å². The molecular weight excluding hydrogens is 152 g/mol. The first-order chi connectivity index (χ1) is 5.61. The molecule has 1 heterocycles. The van der Waals surface area contributed by atoms with Crippen LogP contribution in [0.2, 0.25) is 0 Å². The fraction of sp³-hybridized carbons (Fsp3) is 0.889. The monoisotopic (exact) mass is 168 g/mol. The van der Waals surface area contributed by atoms with Crippen LogP contribution >= 0.6 is 0 Å². The smallest absolute Gasteiger partial charge is 0.242 e. The first-order valence-electron chi connectivity index (χ1n) is 4.67. The van der Waals surface area contributed by atoms with Gasteiger partial charge >= 0.3 is 0 Å². The van der Waals surface area contributed by atoms with Gasteiger partial charge in [-0.05, 0) is 26.7 Å². The predicted octanol–water partition coefficient (Wildman–Crippen LogP) is 0.359. The molecular formula is C9H16N2O. The molecule has 12 heavy (non-hydrogen) atoms. The van der Waals surface area contributed by atoms with Gasteiger partial charge in [-0.3, -0.25) is 4.79 Å². The molecule has 3 heteroatoms. The van der Waals surface area contributed by atoms with Crippen LogP contribution in [0.5, 0.6) is 0 Å². The SMILES string of the molecule is CC1(C)NCCN(C2CC2)C1=O. The third kappa shape index (κ3) is 1.22. The molecule has 0 spiro atoms. The Morgan fingerprint density at radius 2 is 2.17 bits per heavy atom. The minimum atomic E-state index is -0.332. The van der Waals surface area contributed by atoms with Gasteiger partial charge in [0.15, 0.2) is 0 Å². The van der Waals surface area contributed by atoms with Gasteiger partial charge in [-0.2, -0.15) is 0 Å². The first-order valence-corrected chi connectivity index (χ1v) is 4.67. The molecule has 2 aliphatic rings. The van der Waals surface area contributed by atoms with Gasteiger partial charge in [-0.1, -0.05) is 0 Å². The second-order valence-corrected chi connectivity index (χ2v) is 4.28. The van der Waals surface area contributed by atoms with Crippen molar-refractivity contribution in [3.05, 3.63) is 0 Å². The minimum absolute atomic E-state index is 0.274. The van der Waals surface area contributed by atoms with E-state index in [1.165, 1.54) is 12.8 Å². The van der Waals surface area contributed by atoms with Gasteiger partial charge in [-0.25, -0.2) is 0 Å². The number of nitrogens with zero attached hydrogens (tertiary/aromatic N) is 1.